The highest BCUT2D eigenvalue weighted by Crippen LogP contribution is 2.30. The number of pyridine rings is 1. The van der Waals surface area contributed by atoms with Gasteiger partial charge in [-0.05, 0) is 29.7 Å². The minimum Gasteiger partial charge on any atom is -0.263 e. The summed E-state index contributed by atoms with van der Waals surface area (Å²) in [5.74, 6) is 0. The molecule has 0 aliphatic rings. The average Bonchev–Trinajstić information content (AvgIpc) is 2.28. The van der Waals surface area contributed by atoms with Gasteiger partial charge in [-0.1, -0.05) is 29.8 Å². The molecule has 0 aliphatic heterocycles. The molecule has 0 atom stereocenters. The van der Waals surface area contributed by atoms with Crippen molar-refractivity contribution in [1.29, 1.82) is 0 Å². The molecule has 0 radical (unpaired) electrons. The van der Waals surface area contributed by atoms with E-state index in [0.29, 0.717) is 17.0 Å². The third kappa shape index (κ3) is 3.23. The summed E-state index contributed by atoms with van der Waals surface area (Å²) in [6.07, 6.45) is -0.872. The first kappa shape index (κ1) is 12.9. The van der Waals surface area contributed by atoms with E-state index in [0.717, 1.165) is 17.7 Å². The molecule has 2 rings (SSSR count). The molecule has 18 heavy (non-hydrogen) atoms. The number of nitrogens with zero attached hydrogens (tertiary/aromatic N) is 1. The van der Waals surface area contributed by atoms with Crippen LogP contribution < -0.4 is 0 Å². The highest BCUT2D eigenvalue weighted by atomic mass is 35.5. The van der Waals surface area contributed by atoms with E-state index in [1.807, 2.05) is 0 Å². The maximum atomic E-state index is 12.5. The van der Waals surface area contributed by atoms with Crippen molar-refractivity contribution in [1.82, 2.24) is 4.98 Å². The van der Waals surface area contributed by atoms with Gasteiger partial charge in [0.25, 0.3) is 0 Å². The second-order valence-electron chi connectivity index (χ2n) is 3.89. The molecule has 5 heteroatoms. The van der Waals surface area contributed by atoms with Crippen LogP contribution in [-0.4, -0.2) is 4.98 Å². The maximum Gasteiger partial charge on any atom is 0.416 e. The summed E-state index contributed by atoms with van der Waals surface area (Å²) in [6, 6.07) is 6.93. The van der Waals surface area contributed by atoms with Crippen LogP contribution in [0.2, 0.25) is 5.02 Å². The zero-order valence-corrected chi connectivity index (χ0v) is 9.96. The summed E-state index contributed by atoms with van der Waals surface area (Å²) >= 11 is 5.77. The number of hydrogen-bond donors (Lipinski definition) is 0. The van der Waals surface area contributed by atoms with Crippen molar-refractivity contribution < 1.29 is 13.2 Å². The van der Waals surface area contributed by atoms with Gasteiger partial charge in [0.2, 0.25) is 0 Å². The monoisotopic (exact) mass is 271 g/mol. The summed E-state index contributed by atoms with van der Waals surface area (Å²) < 4.78 is 37.6. The fourth-order valence-electron chi connectivity index (χ4n) is 1.65. The van der Waals surface area contributed by atoms with E-state index < -0.39 is 11.7 Å². The first-order valence-corrected chi connectivity index (χ1v) is 5.58. The van der Waals surface area contributed by atoms with Gasteiger partial charge in [-0.2, -0.15) is 13.2 Å². The van der Waals surface area contributed by atoms with Crippen LogP contribution in [0.15, 0.2) is 42.7 Å². The predicted molar refractivity (Wildman–Crippen MR) is 63.5 cm³/mol. The molecule has 0 saturated heterocycles. The molecule has 0 spiro atoms. The second-order valence-corrected chi connectivity index (χ2v) is 4.32. The highest BCUT2D eigenvalue weighted by molar-refractivity contribution is 6.30. The lowest BCUT2D eigenvalue weighted by atomic mass is 10.0. The lowest BCUT2D eigenvalue weighted by Crippen LogP contribution is -2.05. The van der Waals surface area contributed by atoms with E-state index in [2.05, 4.69) is 4.98 Å². The molecule has 0 amide bonds. The second kappa shape index (κ2) is 4.98. The molecule has 0 unspecified atom stereocenters. The molecule has 1 aromatic heterocycles. The third-order valence-electron chi connectivity index (χ3n) is 2.42. The molecule has 0 aliphatic carbocycles. The minimum absolute atomic E-state index is 0.372. The quantitative estimate of drug-likeness (QED) is 0.791. The Hall–Kier alpha value is -1.55. The van der Waals surface area contributed by atoms with Crippen molar-refractivity contribution in [3.05, 3.63) is 64.4 Å². The summed E-state index contributed by atoms with van der Waals surface area (Å²) in [5, 5.41) is 0.472. The van der Waals surface area contributed by atoms with Gasteiger partial charge < -0.3 is 0 Å². The molecular formula is C13H9ClF3N. The molecule has 0 saturated carbocycles. The molecule has 94 valence electrons. The van der Waals surface area contributed by atoms with Gasteiger partial charge >= 0.3 is 6.18 Å². The Morgan fingerprint density at radius 1 is 1.06 bits per heavy atom. The van der Waals surface area contributed by atoms with E-state index in [9.17, 15) is 13.2 Å². The van der Waals surface area contributed by atoms with E-state index >= 15 is 0 Å². The summed E-state index contributed by atoms with van der Waals surface area (Å²) in [4.78, 5) is 3.90. The number of benzene rings is 1. The topological polar surface area (TPSA) is 12.9 Å². The SMILES string of the molecule is FC(F)(F)c1cccc(Cc2cncc(Cl)c2)c1. The number of alkyl halides is 3. The van der Waals surface area contributed by atoms with Gasteiger partial charge in [-0.15, -0.1) is 0 Å². The normalized spacial score (nSPS) is 11.6. The Kier molecular flexibility index (Phi) is 3.57. The van der Waals surface area contributed by atoms with E-state index in [1.54, 1.807) is 18.3 Å². The standard InChI is InChI=1S/C13H9ClF3N/c14-12-6-10(7-18-8-12)4-9-2-1-3-11(5-9)13(15,16)17/h1-3,5-8H,4H2. The van der Waals surface area contributed by atoms with Crippen LogP contribution in [0.25, 0.3) is 0 Å². The lowest BCUT2D eigenvalue weighted by Gasteiger charge is -2.08. The Labute approximate surface area is 107 Å². The molecule has 1 heterocycles. The number of hydrogen-bond acceptors (Lipinski definition) is 1. The predicted octanol–water partition coefficient (Wildman–Crippen LogP) is 4.34. The molecule has 1 aromatic carbocycles. The maximum absolute atomic E-state index is 12.5. The van der Waals surface area contributed by atoms with Crippen molar-refractivity contribution in [3.63, 3.8) is 0 Å². The summed E-state index contributed by atoms with van der Waals surface area (Å²) in [7, 11) is 0. The van der Waals surface area contributed by atoms with Crippen LogP contribution in [-0.2, 0) is 12.6 Å². The molecule has 0 N–H and O–H groups in total. The molecule has 0 bridgehead atoms. The zero-order chi connectivity index (χ0) is 13.2. The Morgan fingerprint density at radius 2 is 1.83 bits per heavy atom. The van der Waals surface area contributed by atoms with Gasteiger partial charge in [-0.25, -0.2) is 0 Å². The Balaban J connectivity index is 2.25. The van der Waals surface area contributed by atoms with Gasteiger partial charge in [0.15, 0.2) is 0 Å². The Morgan fingerprint density at radius 3 is 2.50 bits per heavy atom. The van der Waals surface area contributed by atoms with E-state index in [4.69, 9.17) is 11.6 Å². The molecular weight excluding hydrogens is 263 g/mol. The van der Waals surface area contributed by atoms with Crippen LogP contribution in [0, 0.1) is 0 Å². The smallest absolute Gasteiger partial charge is 0.263 e. The van der Waals surface area contributed by atoms with Crippen molar-refractivity contribution in [2.45, 2.75) is 12.6 Å². The lowest BCUT2D eigenvalue weighted by molar-refractivity contribution is -0.137. The average molecular weight is 272 g/mol. The molecule has 2 aromatic rings. The van der Waals surface area contributed by atoms with Gasteiger partial charge in [0.05, 0.1) is 10.6 Å². The van der Waals surface area contributed by atoms with Crippen LogP contribution in [0.3, 0.4) is 0 Å². The summed E-state index contributed by atoms with van der Waals surface area (Å²) in [6.45, 7) is 0. The van der Waals surface area contributed by atoms with Crippen LogP contribution in [0.4, 0.5) is 13.2 Å². The van der Waals surface area contributed by atoms with E-state index in [-0.39, 0.29) is 0 Å². The molecule has 0 fully saturated rings. The molecule has 1 nitrogen and oxygen atoms in total. The van der Waals surface area contributed by atoms with Crippen molar-refractivity contribution >= 4 is 11.6 Å². The minimum atomic E-state index is -4.32. The number of halogens is 4. The first-order chi connectivity index (χ1) is 8.45. The highest BCUT2D eigenvalue weighted by Gasteiger charge is 2.30. The largest absolute Gasteiger partial charge is 0.416 e. The number of rotatable bonds is 2. The Bertz CT molecular complexity index is 552. The van der Waals surface area contributed by atoms with Crippen LogP contribution in [0.5, 0.6) is 0 Å². The van der Waals surface area contributed by atoms with Gasteiger partial charge in [-0.3, -0.25) is 4.98 Å². The fraction of sp³-hybridized carbons (Fsp3) is 0.154. The van der Waals surface area contributed by atoms with Gasteiger partial charge in [0.1, 0.15) is 0 Å². The van der Waals surface area contributed by atoms with Crippen LogP contribution >= 0.6 is 11.6 Å². The van der Waals surface area contributed by atoms with Gasteiger partial charge in [0, 0.05) is 12.4 Å². The van der Waals surface area contributed by atoms with Crippen molar-refractivity contribution in [3.8, 4) is 0 Å². The van der Waals surface area contributed by atoms with Crippen LogP contribution in [0.1, 0.15) is 16.7 Å². The third-order valence-corrected chi connectivity index (χ3v) is 2.63. The number of aromatic nitrogens is 1. The van der Waals surface area contributed by atoms with E-state index in [1.165, 1.54) is 12.3 Å². The summed E-state index contributed by atoms with van der Waals surface area (Å²) in [5.41, 5.74) is 0.714. The first-order valence-electron chi connectivity index (χ1n) is 5.21. The zero-order valence-electron chi connectivity index (χ0n) is 9.21. The van der Waals surface area contributed by atoms with Crippen molar-refractivity contribution in [2.24, 2.45) is 0 Å². The fourth-order valence-corrected chi connectivity index (χ4v) is 1.84. The van der Waals surface area contributed by atoms with Crippen molar-refractivity contribution in [2.75, 3.05) is 0 Å².